The van der Waals surface area contributed by atoms with Crippen molar-refractivity contribution in [3.63, 3.8) is 0 Å². The van der Waals surface area contributed by atoms with E-state index in [1.54, 1.807) is 22.5 Å². The molecule has 0 spiro atoms. The topological polar surface area (TPSA) is 86.8 Å². The van der Waals surface area contributed by atoms with E-state index in [2.05, 4.69) is 12.2 Å². The molecule has 1 aromatic rings. The predicted octanol–water partition coefficient (Wildman–Crippen LogP) is 2.30. The van der Waals surface area contributed by atoms with Gasteiger partial charge in [0.15, 0.2) is 0 Å². The van der Waals surface area contributed by atoms with E-state index in [0.29, 0.717) is 50.5 Å². The van der Waals surface area contributed by atoms with Crippen LogP contribution in [0.1, 0.15) is 51.5 Å². The molecule has 1 N–H and O–H groups in total. The van der Waals surface area contributed by atoms with Crippen molar-refractivity contribution in [2.24, 2.45) is 5.92 Å². The number of amides is 2. The van der Waals surface area contributed by atoms with Gasteiger partial charge in [-0.1, -0.05) is 13.8 Å². The van der Waals surface area contributed by atoms with Crippen molar-refractivity contribution < 1.29 is 18.0 Å². The fourth-order valence-corrected chi connectivity index (χ4v) is 5.42. The lowest BCUT2D eigenvalue weighted by Gasteiger charge is -2.30. The summed E-state index contributed by atoms with van der Waals surface area (Å²) in [6.45, 7) is 5.74. The molecule has 3 rings (SSSR count). The molecule has 1 saturated heterocycles. The number of fused-ring (bicyclic) bond motifs is 1. The van der Waals surface area contributed by atoms with Crippen LogP contribution < -0.4 is 10.2 Å². The highest BCUT2D eigenvalue weighted by molar-refractivity contribution is 7.89. The SMILES string of the molecule is CCCNC(=O)CN1C(=O)CCCc2cc(S(=O)(=O)N3CCC(C)CC3)ccc21. The normalized spacial score (nSPS) is 19.0. The maximum absolute atomic E-state index is 13.1. The molecule has 0 unspecified atom stereocenters. The molecule has 0 atom stereocenters. The largest absolute Gasteiger partial charge is 0.355 e. The number of benzene rings is 1. The molecule has 1 aromatic carbocycles. The Kier molecular flexibility index (Phi) is 6.95. The minimum atomic E-state index is -3.55. The molecular weight excluding hydrogens is 390 g/mol. The zero-order valence-corrected chi connectivity index (χ0v) is 18.1. The Balaban J connectivity index is 1.86. The number of anilines is 1. The van der Waals surface area contributed by atoms with Crippen molar-refractivity contribution in [3.05, 3.63) is 23.8 Å². The number of hydrogen-bond donors (Lipinski definition) is 1. The van der Waals surface area contributed by atoms with Crippen LogP contribution >= 0.6 is 0 Å². The first kappa shape index (κ1) is 21.8. The Morgan fingerprint density at radius 2 is 1.93 bits per heavy atom. The number of aryl methyl sites for hydroxylation is 1. The molecule has 2 amide bonds. The fraction of sp³-hybridized carbons (Fsp3) is 0.619. The summed E-state index contributed by atoms with van der Waals surface area (Å²) in [6.07, 6.45) is 4.19. The van der Waals surface area contributed by atoms with E-state index >= 15 is 0 Å². The Hall–Kier alpha value is -1.93. The smallest absolute Gasteiger partial charge is 0.243 e. The first-order valence-corrected chi connectivity index (χ1v) is 12.0. The van der Waals surface area contributed by atoms with Gasteiger partial charge >= 0.3 is 0 Å². The van der Waals surface area contributed by atoms with Crippen LogP contribution in [0.5, 0.6) is 0 Å². The summed E-state index contributed by atoms with van der Waals surface area (Å²) in [7, 11) is -3.55. The van der Waals surface area contributed by atoms with Gasteiger partial charge in [-0.2, -0.15) is 4.31 Å². The molecule has 1 fully saturated rings. The molecule has 2 aliphatic heterocycles. The summed E-state index contributed by atoms with van der Waals surface area (Å²) in [4.78, 5) is 26.5. The Morgan fingerprint density at radius 1 is 1.21 bits per heavy atom. The van der Waals surface area contributed by atoms with E-state index in [1.807, 2.05) is 6.92 Å². The number of hydrogen-bond acceptors (Lipinski definition) is 4. The van der Waals surface area contributed by atoms with Crippen LogP contribution in [0.15, 0.2) is 23.1 Å². The van der Waals surface area contributed by atoms with Crippen LogP contribution in [0.25, 0.3) is 0 Å². The van der Waals surface area contributed by atoms with Gasteiger partial charge in [-0.3, -0.25) is 9.59 Å². The second-order valence-corrected chi connectivity index (χ2v) is 10.00. The van der Waals surface area contributed by atoms with Crippen molar-refractivity contribution in [1.82, 2.24) is 9.62 Å². The monoisotopic (exact) mass is 421 g/mol. The standard InChI is InChI=1S/C21H31N3O4S/c1-3-11-22-20(25)15-24-19-8-7-18(14-17(19)5-4-6-21(24)26)29(27,28)23-12-9-16(2)10-13-23/h7-8,14,16H,3-6,9-13,15H2,1-2H3,(H,22,25). The van der Waals surface area contributed by atoms with Gasteiger partial charge in [-0.15, -0.1) is 0 Å². The number of rotatable bonds is 6. The molecule has 0 aromatic heterocycles. The van der Waals surface area contributed by atoms with Crippen LogP contribution in [0, 0.1) is 5.92 Å². The van der Waals surface area contributed by atoms with Crippen LogP contribution in [-0.2, 0) is 26.0 Å². The first-order chi connectivity index (χ1) is 13.8. The summed E-state index contributed by atoms with van der Waals surface area (Å²) >= 11 is 0. The quantitative estimate of drug-likeness (QED) is 0.764. The van der Waals surface area contributed by atoms with Crippen molar-refractivity contribution in [1.29, 1.82) is 0 Å². The van der Waals surface area contributed by atoms with Crippen molar-refractivity contribution in [2.45, 2.75) is 57.3 Å². The zero-order valence-electron chi connectivity index (χ0n) is 17.3. The third-order valence-corrected chi connectivity index (χ3v) is 7.63. The predicted molar refractivity (Wildman–Crippen MR) is 112 cm³/mol. The number of carbonyl (C=O) groups is 2. The van der Waals surface area contributed by atoms with E-state index in [4.69, 9.17) is 0 Å². The molecule has 2 heterocycles. The Labute approximate surface area is 173 Å². The van der Waals surface area contributed by atoms with Gasteiger partial charge in [0.05, 0.1) is 4.90 Å². The zero-order chi connectivity index (χ0) is 21.0. The van der Waals surface area contributed by atoms with Gasteiger partial charge in [0.2, 0.25) is 21.8 Å². The van der Waals surface area contributed by atoms with Crippen LogP contribution in [0.4, 0.5) is 5.69 Å². The molecule has 0 bridgehead atoms. The molecule has 29 heavy (non-hydrogen) atoms. The van der Waals surface area contributed by atoms with E-state index in [9.17, 15) is 18.0 Å². The molecule has 0 saturated carbocycles. The van der Waals surface area contributed by atoms with Crippen LogP contribution in [0.3, 0.4) is 0 Å². The van der Waals surface area contributed by atoms with Crippen molar-refractivity contribution in [2.75, 3.05) is 31.1 Å². The lowest BCUT2D eigenvalue weighted by Crippen LogP contribution is -2.41. The highest BCUT2D eigenvalue weighted by atomic mass is 32.2. The molecule has 2 aliphatic rings. The average molecular weight is 422 g/mol. The summed E-state index contributed by atoms with van der Waals surface area (Å²) in [5.41, 5.74) is 1.45. The van der Waals surface area contributed by atoms with E-state index in [1.165, 1.54) is 4.90 Å². The van der Waals surface area contributed by atoms with E-state index in [-0.39, 0.29) is 23.3 Å². The number of piperidine rings is 1. The van der Waals surface area contributed by atoms with E-state index < -0.39 is 10.0 Å². The van der Waals surface area contributed by atoms with Gasteiger partial charge < -0.3 is 10.2 Å². The van der Waals surface area contributed by atoms with Gasteiger partial charge in [-0.25, -0.2) is 8.42 Å². The molecule has 8 heteroatoms. The number of nitrogens with zero attached hydrogens (tertiary/aromatic N) is 2. The summed E-state index contributed by atoms with van der Waals surface area (Å²) in [5, 5.41) is 2.80. The van der Waals surface area contributed by atoms with Crippen molar-refractivity contribution in [3.8, 4) is 0 Å². The molecular formula is C21H31N3O4S. The summed E-state index contributed by atoms with van der Waals surface area (Å²) in [5.74, 6) is 0.245. The van der Waals surface area contributed by atoms with Crippen LogP contribution in [0.2, 0.25) is 0 Å². The number of nitrogens with one attached hydrogen (secondary N) is 1. The third-order valence-electron chi connectivity index (χ3n) is 5.73. The second kappa shape index (κ2) is 9.26. The minimum Gasteiger partial charge on any atom is -0.355 e. The highest BCUT2D eigenvalue weighted by Crippen LogP contribution is 2.31. The summed E-state index contributed by atoms with van der Waals surface area (Å²) < 4.78 is 27.7. The third kappa shape index (κ3) is 4.98. The highest BCUT2D eigenvalue weighted by Gasteiger charge is 2.30. The number of carbonyl (C=O) groups excluding carboxylic acids is 2. The summed E-state index contributed by atoms with van der Waals surface area (Å²) in [6, 6.07) is 4.95. The van der Waals surface area contributed by atoms with Crippen LogP contribution in [-0.4, -0.2) is 50.7 Å². The maximum Gasteiger partial charge on any atom is 0.243 e. The lowest BCUT2D eigenvalue weighted by molar-refractivity contribution is -0.123. The second-order valence-electron chi connectivity index (χ2n) is 8.06. The number of sulfonamides is 1. The molecule has 0 aliphatic carbocycles. The average Bonchev–Trinajstić information content (AvgIpc) is 2.85. The van der Waals surface area contributed by atoms with Gasteiger partial charge in [0, 0.05) is 31.7 Å². The van der Waals surface area contributed by atoms with Gasteiger partial charge in [-0.05, 0) is 61.8 Å². The molecule has 0 radical (unpaired) electrons. The molecule has 7 nitrogen and oxygen atoms in total. The Bertz CT molecular complexity index is 861. The van der Waals surface area contributed by atoms with Gasteiger partial charge in [0.1, 0.15) is 6.54 Å². The lowest BCUT2D eigenvalue weighted by atomic mass is 10.0. The van der Waals surface area contributed by atoms with Gasteiger partial charge in [0.25, 0.3) is 0 Å². The van der Waals surface area contributed by atoms with Crippen molar-refractivity contribution >= 4 is 27.5 Å². The maximum atomic E-state index is 13.1. The molecule has 160 valence electrons. The fourth-order valence-electron chi connectivity index (χ4n) is 3.90. The Morgan fingerprint density at radius 3 is 2.62 bits per heavy atom. The first-order valence-electron chi connectivity index (χ1n) is 10.5. The minimum absolute atomic E-state index is 0.0397. The van der Waals surface area contributed by atoms with E-state index in [0.717, 1.165) is 24.8 Å².